The van der Waals surface area contributed by atoms with Crippen molar-refractivity contribution in [2.24, 2.45) is 10.8 Å². The zero-order valence-corrected chi connectivity index (χ0v) is 17.1. The summed E-state index contributed by atoms with van der Waals surface area (Å²) in [5.74, 6) is -0.950. The van der Waals surface area contributed by atoms with Crippen molar-refractivity contribution in [1.82, 2.24) is 0 Å². The average molecular weight is 388 g/mol. The highest BCUT2D eigenvalue weighted by molar-refractivity contribution is 6.15. The summed E-state index contributed by atoms with van der Waals surface area (Å²) >= 11 is 0. The molecule has 0 aliphatic heterocycles. The smallest absolute Gasteiger partial charge is 0.335 e. The lowest BCUT2D eigenvalue weighted by molar-refractivity contribution is -0.140. The highest BCUT2D eigenvalue weighted by atomic mass is 16.5. The fraction of sp³-hybridized carbons (Fsp3) is 0.280. The maximum Gasteiger partial charge on any atom is 0.335 e. The van der Waals surface area contributed by atoms with Gasteiger partial charge in [-0.05, 0) is 28.7 Å². The molecule has 0 spiro atoms. The number of hydrogen-bond acceptors (Lipinski definition) is 4. The van der Waals surface area contributed by atoms with E-state index in [1.807, 2.05) is 50.2 Å². The summed E-state index contributed by atoms with van der Waals surface area (Å²) in [6.45, 7) is 4.07. The predicted molar refractivity (Wildman–Crippen MR) is 112 cm³/mol. The fourth-order valence-electron chi connectivity index (χ4n) is 5.41. The first-order valence-corrected chi connectivity index (χ1v) is 9.66. The van der Waals surface area contributed by atoms with Crippen LogP contribution >= 0.6 is 0 Å². The quantitative estimate of drug-likeness (QED) is 0.714. The Hall–Kier alpha value is -3.14. The van der Waals surface area contributed by atoms with Crippen LogP contribution in [0.3, 0.4) is 0 Å². The van der Waals surface area contributed by atoms with Gasteiger partial charge in [0.1, 0.15) is 0 Å². The van der Waals surface area contributed by atoms with E-state index in [0.717, 1.165) is 22.3 Å². The van der Waals surface area contributed by atoms with Gasteiger partial charge in [-0.1, -0.05) is 74.5 Å². The van der Waals surface area contributed by atoms with Crippen LogP contribution in [0, 0.1) is 10.8 Å². The SMILES string of the molecule is COC(=O)C1=C(C(=O)OC)C2(C)CC1(C)C(c1ccccc1)=C2c1ccccc1. The Morgan fingerprint density at radius 2 is 1.03 bits per heavy atom. The van der Waals surface area contributed by atoms with Crippen molar-refractivity contribution in [3.63, 3.8) is 0 Å². The van der Waals surface area contributed by atoms with Gasteiger partial charge in [0, 0.05) is 10.8 Å². The van der Waals surface area contributed by atoms with Crippen molar-refractivity contribution in [3.05, 3.63) is 82.9 Å². The Morgan fingerprint density at radius 1 is 0.690 bits per heavy atom. The van der Waals surface area contributed by atoms with Gasteiger partial charge in [0.15, 0.2) is 0 Å². The van der Waals surface area contributed by atoms with Crippen LogP contribution in [-0.2, 0) is 19.1 Å². The van der Waals surface area contributed by atoms with E-state index in [2.05, 4.69) is 24.3 Å². The van der Waals surface area contributed by atoms with Gasteiger partial charge >= 0.3 is 11.9 Å². The number of benzene rings is 2. The lowest BCUT2D eigenvalue weighted by atomic mass is 9.69. The van der Waals surface area contributed by atoms with E-state index in [-0.39, 0.29) is 0 Å². The predicted octanol–water partition coefficient (Wildman–Crippen LogP) is 4.67. The molecular weight excluding hydrogens is 364 g/mol. The van der Waals surface area contributed by atoms with Gasteiger partial charge < -0.3 is 9.47 Å². The molecule has 0 saturated heterocycles. The number of allylic oxidation sites excluding steroid dienone is 2. The van der Waals surface area contributed by atoms with E-state index < -0.39 is 22.8 Å². The van der Waals surface area contributed by atoms with Crippen molar-refractivity contribution in [3.8, 4) is 0 Å². The fourth-order valence-corrected chi connectivity index (χ4v) is 5.41. The molecular formula is C25H24O4. The van der Waals surface area contributed by atoms with Gasteiger partial charge in [0.05, 0.1) is 25.4 Å². The van der Waals surface area contributed by atoms with E-state index in [9.17, 15) is 9.59 Å². The standard InChI is InChI=1S/C25H24O4/c1-24-15-25(2,21(23(27)29-4)20(24)22(26)28-3)19(17-13-9-6-10-14-17)18(24)16-11-7-5-8-12-16/h5-14H,15H2,1-4H3. The van der Waals surface area contributed by atoms with E-state index in [1.165, 1.54) is 14.2 Å². The van der Waals surface area contributed by atoms with Crippen molar-refractivity contribution in [2.75, 3.05) is 14.2 Å². The van der Waals surface area contributed by atoms with Crippen molar-refractivity contribution in [1.29, 1.82) is 0 Å². The Labute approximate surface area is 170 Å². The Kier molecular flexibility index (Phi) is 4.45. The lowest BCUT2D eigenvalue weighted by Crippen LogP contribution is -2.29. The van der Waals surface area contributed by atoms with Gasteiger partial charge in [-0.2, -0.15) is 0 Å². The van der Waals surface area contributed by atoms with E-state index in [4.69, 9.17) is 9.47 Å². The summed E-state index contributed by atoms with van der Waals surface area (Å²) in [4.78, 5) is 25.8. The molecule has 2 atom stereocenters. The minimum Gasteiger partial charge on any atom is -0.466 e. The van der Waals surface area contributed by atoms with Crippen LogP contribution in [0.4, 0.5) is 0 Å². The topological polar surface area (TPSA) is 52.6 Å². The second-order valence-corrected chi connectivity index (χ2v) is 8.06. The highest BCUT2D eigenvalue weighted by Gasteiger charge is 2.63. The van der Waals surface area contributed by atoms with Gasteiger partial charge in [-0.25, -0.2) is 9.59 Å². The van der Waals surface area contributed by atoms with Crippen LogP contribution in [-0.4, -0.2) is 26.2 Å². The van der Waals surface area contributed by atoms with E-state index in [0.29, 0.717) is 17.6 Å². The van der Waals surface area contributed by atoms with Crippen molar-refractivity contribution in [2.45, 2.75) is 20.3 Å². The van der Waals surface area contributed by atoms with Gasteiger partial charge in [0.25, 0.3) is 0 Å². The molecule has 0 radical (unpaired) electrons. The first-order chi connectivity index (χ1) is 13.9. The maximum atomic E-state index is 12.9. The minimum atomic E-state index is -0.655. The van der Waals surface area contributed by atoms with Gasteiger partial charge in [0.2, 0.25) is 0 Å². The molecule has 4 heteroatoms. The van der Waals surface area contributed by atoms with E-state index >= 15 is 0 Å². The number of methoxy groups -OCH3 is 2. The van der Waals surface area contributed by atoms with Crippen LogP contribution in [0.5, 0.6) is 0 Å². The maximum absolute atomic E-state index is 12.9. The first-order valence-electron chi connectivity index (χ1n) is 9.66. The second kappa shape index (κ2) is 6.73. The zero-order valence-electron chi connectivity index (χ0n) is 17.1. The Bertz CT molecular complexity index is 965. The molecule has 0 saturated carbocycles. The number of carbonyl (C=O) groups excluding carboxylic acids is 2. The highest BCUT2D eigenvalue weighted by Crippen LogP contribution is 2.71. The summed E-state index contributed by atoms with van der Waals surface area (Å²) in [5, 5.41) is 0. The van der Waals surface area contributed by atoms with Gasteiger partial charge in [-0.15, -0.1) is 0 Å². The lowest BCUT2D eigenvalue weighted by Gasteiger charge is -2.33. The normalized spacial score (nSPS) is 25.4. The van der Waals surface area contributed by atoms with Crippen LogP contribution in [0.15, 0.2) is 71.8 Å². The molecule has 0 amide bonds. The van der Waals surface area contributed by atoms with Crippen LogP contribution < -0.4 is 0 Å². The molecule has 0 aromatic heterocycles. The molecule has 4 rings (SSSR count). The van der Waals surface area contributed by atoms with Crippen LogP contribution in [0.25, 0.3) is 11.1 Å². The molecule has 148 valence electrons. The third-order valence-electron chi connectivity index (χ3n) is 6.32. The van der Waals surface area contributed by atoms with Crippen molar-refractivity contribution >= 4 is 23.1 Å². The zero-order chi connectivity index (χ0) is 20.8. The largest absolute Gasteiger partial charge is 0.466 e. The third-order valence-corrected chi connectivity index (χ3v) is 6.32. The summed E-state index contributed by atoms with van der Waals surface area (Å²) in [6.07, 6.45) is 0.614. The second-order valence-electron chi connectivity index (χ2n) is 8.06. The summed E-state index contributed by atoms with van der Waals surface area (Å²) in [5.41, 5.74) is 3.74. The monoisotopic (exact) mass is 388 g/mol. The molecule has 0 fully saturated rings. The third kappa shape index (κ3) is 2.59. The molecule has 2 aromatic rings. The number of esters is 2. The van der Waals surface area contributed by atoms with Crippen molar-refractivity contribution < 1.29 is 19.1 Å². The number of ether oxygens (including phenoxy) is 2. The first kappa shape index (κ1) is 19.2. The molecule has 0 N–H and O–H groups in total. The van der Waals surface area contributed by atoms with Gasteiger partial charge in [-0.3, -0.25) is 0 Å². The molecule has 2 aliphatic rings. The molecule has 29 heavy (non-hydrogen) atoms. The number of rotatable bonds is 4. The number of fused-ring (bicyclic) bond motifs is 2. The molecule has 2 aliphatic carbocycles. The summed E-state index contributed by atoms with van der Waals surface area (Å²) in [6, 6.07) is 20.1. The average Bonchev–Trinajstić information content (AvgIpc) is 3.14. The summed E-state index contributed by atoms with van der Waals surface area (Å²) in [7, 11) is 2.71. The van der Waals surface area contributed by atoms with Crippen LogP contribution in [0.2, 0.25) is 0 Å². The molecule has 4 nitrogen and oxygen atoms in total. The molecule has 2 bridgehead atoms. The molecule has 0 heterocycles. The number of carbonyl (C=O) groups is 2. The molecule has 2 unspecified atom stereocenters. The summed E-state index contributed by atoms with van der Waals surface area (Å²) < 4.78 is 10.2. The molecule has 2 aromatic carbocycles. The number of hydrogen-bond donors (Lipinski definition) is 0. The minimum absolute atomic E-state index is 0.410. The van der Waals surface area contributed by atoms with Crippen LogP contribution in [0.1, 0.15) is 31.4 Å². The Morgan fingerprint density at radius 3 is 1.34 bits per heavy atom. The van der Waals surface area contributed by atoms with E-state index in [1.54, 1.807) is 0 Å². The Balaban J connectivity index is 2.09.